The molecule has 0 aliphatic rings. The van der Waals surface area contributed by atoms with Crippen LogP contribution in [0, 0.1) is 19.7 Å². The summed E-state index contributed by atoms with van der Waals surface area (Å²) in [7, 11) is 0. The van der Waals surface area contributed by atoms with Crippen molar-refractivity contribution in [1.82, 2.24) is 4.98 Å². The molecule has 88 valence electrons. The maximum atomic E-state index is 13.6. The Bertz CT molecular complexity index is 535. The molecule has 0 amide bonds. The summed E-state index contributed by atoms with van der Waals surface area (Å²) in [6.07, 6.45) is 1.70. The number of hydrogen-bond acceptors (Lipinski definition) is 2. The van der Waals surface area contributed by atoms with Gasteiger partial charge in [-0.15, -0.1) is 0 Å². The average molecular weight is 295 g/mol. The largest absolute Gasteiger partial charge is 0.338 e. The number of nitrogens with zero attached hydrogens (tertiary/aromatic N) is 1. The molecule has 2 nitrogen and oxygen atoms in total. The molecule has 1 aromatic heterocycles. The third-order valence-corrected chi connectivity index (χ3v) is 3.35. The minimum Gasteiger partial charge on any atom is -0.338 e. The first-order valence-electron chi connectivity index (χ1n) is 5.22. The Morgan fingerprint density at radius 2 is 2.00 bits per heavy atom. The molecule has 0 atom stereocenters. The molecule has 0 bridgehead atoms. The molecule has 0 spiro atoms. The second kappa shape index (κ2) is 4.84. The molecule has 0 unspecified atom stereocenters. The number of halogens is 2. The predicted molar refractivity (Wildman–Crippen MR) is 71.1 cm³/mol. The van der Waals surface area contributed by atoms with Crippen LogP contribution in [0.4, 0.5) is 15.9 Å². The highest BCUT2D eigenvalue weighted by molar-refractivity contribution is 9.10. The van der Waals surface area contributed by atoms with Crippen molar-refractivity contribution in [2.75, 3.05) is 5.32 Å². The van der Waals surface area contributed by atoms with E-state index in [1.54, 1.807) is 12.3 Å². The van der Waals surface area contributed by atoms with Gasteiger partial charge < -0.3 is 5.32 Å². The lowest BCUT2D eigenvalue weighted by Crippen LogP contribution is -1.99. The maximum absolute atomic E-state index is 13.6. The number of nitrogens with one attached hydrogen (secondary N) is 1. The van der Waals surface area contributed by atoms with Crippen LogP contribution in [0.5, 0.6) is 0 Å². The third-order valence-electron chi connectivity index (χ3n) is 2.52. The number of aromatic nitrogens is 1. The summed E-state index contributed by atoms with van der Waals surface area (Å²) in [5.74, 6) is 0.367. The van der Waals surface area contributed by atoms with E-state index in [1.165, 1.54) is 6.07 Å². The van der Waals surface area contributed by atoms with Gasteiger partial charge in [0.25, 0.3) is 0 Å². The van der Waals surface area contributed by atoms with Crippen LogP contribution in [-0.2, 0) is 0 Å². The average Bonchev–Trinajstić information content (AvgIpc) is 2.28. The minimum atomic E-state index is -0.271. The molecule has 0 aliphatic carbocycles. The van der Waals surface area contributed by atoms with Crippen molar-refractivity contribution in [1.29, 1.82) is 0 Å². The highest BCUT2D eigenvalue weighted by Gasteiger charge is 2.06. The fourth-order valence-electron chi connectivity index (χ4n) is 1.53. The van der Waals surface area contributed by atoms with E-state index in [0.29, 0.717) is 11.5 Å². The smallest absolute Gasteiger partial charge is 0.146 e. The Balaban J connectivity index is 2.35. The van der Waals surface area contributed by atoms with Crippen LogP contribution in [0.3, 0.4) is 0 Å². The van der Waals surface area contributed by atoms with E-state index < -0.39 is 0 Å². The Kier molecular flexibility index (Phi) is 3.43. The number of benzene rings is 1. The quantitative estimate of drug-likeness (QED) is 0.891. The number of pyridine rings is 1. The lowest BCUT2D eigenvalue weighted by Gasteiger charge is -2.10. The van der Waals surface area contributed by atoms with Crippen molar-refractivity contribution in [3.63, 3.8) is 0 Å². The summed E-state index contributed by atoms with van der Waals surface area (Å²) in [6.45, 7) is 3.82. The molecule has 0 aliphatic heterocycles. The highest BCUT2D eigenvalue weighted by Crippen LogP contribution is 2.24. The van der Waals surface area contributed by atoms with Gasteiger partial charge in [-0.3, -0.25) is 0 Å². The Morgan fingerprint density at radius 3 is 2.65 bits per heavy atom. The molecule has 0 fully saturated rings. The number of aryl methyl sites for hydroxylation is 2. The highest BCUT2D eigenvalue weighted by atomic mass is 79.9. The van der Waals surface area contributed by atoms with Gasteiger partial charge in [0.05, 0.1) is 5.69 Å². The second-order valence-corrected chi connectivity index (χ2v) is 4.73. The second-order valence-electron chi connectivity index (χ2n) is 3.88. The van der Waals surface area contributed by atoms with Gasteiger partial charge in [-0.1, -0.05) is 12.1 Å². The molecule has 0 radical (unpaired) electrons. The molecule has 1 N–H and O–H groups in total. The summed E-state index contributed by atoms with van der Waals surface area (Å²) in [6, 6.07) is 6.85. The lowest BCUT2D eigenvalue weighted by molar-refractivity contribution is 0.631. The molecule has 4 heteroatoms. The number of para-hydroxylation sites is 1. The van der Waals surface area contributed by atoms with E-state index in [0.717, 1.165) is 15.6 Å². The molecule has 1 heterocycles. The van der Waals surface area contributed by atoms with Gasteiger partial charge in [0.1, 0.15) is 11.6 Å². The van der Waals surface area contributed by atoms with E-state index in [1.807, 2.05) is 26.0 Å². The van der Waals surface area contributed by atoms with Gasteiger partial charge >= 0.3 is 0 Å². The molecule has 2 aromatic rings. The van der Waals surface area contributed by atoms with Crippen LogP contribution in [0.15, 0.2) is 34.9 Å². The monoisotopic (exact) mass is 294 g/mol. The Hall–Kier alpha value is -1.42. The Morgan fingerprint density at radius 1 is 1.24 bits per heavy atom. The molecule has 2 rings (SSSR count). The van der Waals surface area contributed by atoms with Crippen LogP contribution in [0.25, 0.3) is 0 Å². The van der Waals surface area contributed by atoms with Crippen molar-refractivity contribution < 1.29 is 4.39 Å². The lowest BCUT2D eigenvalue weighted by atomic mass is 10.2. The van der Waals surface area contributed by atoms with Gasteiger partial charge in [0.2, 0.25) is 0 Å². The summed E-state index contributed by atoms with van der Waals surface area (Å²) >= 11 is 3.38. The first-order valence-corrected chi connectivity index (χ1v) is 6.01. The normalized spacial score (nSPS) is 10.4. The summed E-state index contributed by atoms with van der Waals surface area (Å²) < 4.78 is 14.6. The number of anilines is 2. The van der Waals surface area contributed by atoms with E-state index in [-0.39, 0.29) is 5.82 Å². The Labute approximate surface area is 108 Å². The van der Waals surface area contributed by atoms with E-state index in [9.17, 15) is 4.39 Å². The van der Waals surface area contributed by atoms with Gasteiger partial charge in [0.15, 0.2) is 0 Å². The van der Waals surface area contributed by atoms with E-state index in [2.05, 4.69) is 26.2 Å². The van der Waals surface area contributed by atoms with E-state index in [4.69, 9.17) is 0 Å². The zero-order chi connectivity index (χ0) is 12.4. The number of hydrogen-bond donors (Lipinski definition) is 1. The van der Waals surface area contributed by atoms with Gasteiger partial charge in [-0.05, 0) is 53.0 Å². The SMILES string of the molecule is Cc1cc(Nc2c(C)cccc2F)ncc1Br. The molecule has 0 saturated carbocycles. The van der Waals surface area contributed by atoms with Gasteiger partial charge in [-0.2, -0.15) is 0 Å². The zero-order valence-electron chi connectivity index (χ0n) is 9.59. The van der Waals surface area contributed by atoms with Gasteiger partial charge in [0, 0.05) is 10.7 Å². The maximum Gasteiger partial charge on any atom is 0.146 e. The van der Waals surface area contributed by atoms with Crippen LogP contribution in [0.2, 0.25) is 0 Å². The van der Waals surface area contributed by atoms with E-state index >= 15 is 0 Å². The van der Waals surface area contributed by atoms with Crippen LogP contribution in [-0.4, -0.2) is 4.98 Å². The van der Waals surface area contributed by atoms with Crippen molar-refractivity contribution in [2.45, 2.75) is 13.8 Å². The van der Waals surface area contributed by atoms with Gasteiger partial charge in [-0.25, -0.2) is 9.37 Å². The van der Waals surface area contributed by atoms with Crippen molar-refractivity contribution in [3.8, 4) is 0 Å². The van der Waals surface area contributed by atoms with Crippen LogP contribution in [0.1, 0.15) is 11.1 Å². The fourth-order valence-corrected chi connectivity index (χ4v) is 1.74. The first-order chi connectivity index (χ1) is 8.08. The molecule has 17 heavy (non-hydrogen) atoms. The van der Waals surface area contributed by atoms with Crippen molar-refractivity contribution in [3.05, 3.63) is 51.9 Å². The topological polar surface area (TPSA) is 24.9 Å². The van der Waals surface area contributed by atoms with Crippen molar-refractivity contribution >= 4 is 27.4 Å². The summed E-state index contributed by atoms with van der Waals surface area (Å²) in [5, 5.41) is 3.00. The third kappa shape index (κ3) is 2.64. The van der Waals surface area contributed by atoms with Crippen LogP contribution >= 0.6 is 15.9 Å². The predicted octanol–water partition coefficient (Wildman–Crippen LogP) is 4.34. The zero-order valence-corrected chi connectivity index (χ0v) is 11.2. The summed E-state index contributed by atoms with van der Waals surface area (Å²) in [4.78, 5) is 4.19. The standard InChI is InChI=1S/C13H12BrFN2/c1-8-4-3-5-11(15)13(8)17-12-6-9(2)10(14)7-16-12/h3-7H,1-2H3,(H,16,17). The van der Waals surface area contributed by atoms with Crippen molar-refractivity contribution in [2.24, 2.45) is 0 Å². The van der Waals surface area contributed by atoms with Crippen LogP contribution < -0.4 is 5.32 Å². The minimum absolute atomic E-state index is 0.271. The number of rotatable bonds is 2. The fraction of sp³-hybridized carbons (Fsp3) is 0.154. The first kappa shape index (κ1) is 12.0. The summed E-state index contributed by atoms with van der Waals surface area (Å²) in [5.41, 5.74) is 2.38. The molecular weight excluding hydrogens is 283 g/mol. The molecule has 1 aromatic carbocycles. The molecule has 0 saturated heterocycles. The molecular formula is C13H12BrFN2.